The largest absolute Gasteiger partial charge is 0.481 e. The van der Waals surface area contributed by atoms with Gasteiger partial charge in [-0.25, -0.2) is 0 Å². The van der Waals surface area contributed by atoms with E-state index in [2.05, 4.69) is 0 Å². The average molecular weight is 188 g/mol. The van der Waals surface area contributed by atoms with E-state index in [9.17, 15) is 4.79 Å². The number of rotatable bonds is 1. The molecule has 2 aliphatic rings. The normalized spacial score (nSPS) is 40.8. The Labute approximate surface area is 75.5 Å². The van der Waals surface area contributed by atoms with Crippen molar-refractivity contribution in [3.8, 4) is 0 Å². The summed E-state index contributed by atoms with van der Waals surface area (Å²) in [4.78, 5) is 10.4. The molecule has 1 saturated heterocycles. The summed E-state index contributed by atoms with van der Waals surface area (Å²) >= 11 is 1.79. The van der Waals surface area contributed by atoms with E-state index in [1.807, 2.05) is 0 Å². The first-order chi connectivity index (χ1) is 5.72. The van der Waals surface area contributed by atoms with Crippen molar-refractivity contribution in [3.05, 3.63) is 0 Å². The molecule has 0 bridgehead atoms. The van der Waals surface area contributed by atoms with Crippen molar-refractivity contribution in [3.63, 3.8) is 0 Å². The Morgan fingerprint density at radius 1 is 1.58 bits per heavy atom. The zero-order valence-electron chi connectivity index (χ0n) is 6.78. The Morgan fingerprint density at radius 2 is 2.33 bits per heavy atom. The van der Waals surface area contributed by atoms with Gasteiger partial charge in [-0.2, -0.15) is 0 Å². The molecule has 0 aromatic heterocycles. The molecule has 0 aromatic rings. The van der Waals surface area contributed by atoms with E-state index in [0.717, 1.165) is 18.8 Å². The molecule has 0 unspecified atom stereocenters. The third-order valence-electron chi connectivity index (χ3n) is 2.48. The first-order valence-electron chi connectivity index (χ1n) is 4.23. The molecule has 0 amide bonds. The lowest BCUT2D eigenvalue weighted by molar-refractivity contribution is -0.154. The zero-order valence-corrected chi connectivity index (χ0v) is 7.60. The molecule has 1 N–H and O–H groups in total. The first-order valence-corrected chi connectivity index (χ1v) is 5.21. The molecule has 1 heterocycles. The fourth-order valence-electron chi connectivity index (χ4n) is 1.72. The second-order valence-electron chi connectivity index (χ2n) is 3.40. The van der Waals surface area contributed by atoms with E-state index in [1.54, 1.807) is 11.8 Å². The summed E-state index contributed by atoms with van der Waals surface area (Å²) in [6, 6.07) is 0. The summed E-state index contributed by atoms with van der Waals surface area (Å²) in [6.45, 7) is 0.805. The highest BCUT2D eigenvalue weighted by atomic mass is 32.2. The van der Waals surface area contributed by atoms with Crippen LogP contribution in [-0.2, 0) is 9.53 Å². The topological polar surface area (TPSA) is 46.5 Å². The van der Waals surface area contributed by atoms with E-state index in [1.165, 1.54) is 0 Å². The highest BCUT2D eigenvalue weighted by molar-refractivity contribution is 8.00. The van der Waals surface area contributed by atoms with Gasteiger partial charge in [-0.3, -0.25) is 4.79 Å². The van der Waals surface area contributed by atoms with E-state index in [0.29, 0.717) is 12.8 Å². The lowest BCUT2D eigenvalue weighted by atomic mass is 9.81. The van der Waals surface area contributed by atoms with Crippen LogP contribution in [0.25, 0.3) is 0 Å². The molecule has 12 heavy (non-hydrogen) atoms. The van der Waals surface area contributed by atoms with Crippen LogP contribution >= 0.6 is 11.8 Å². The minimum Gasteiger partial charge on any atom is -0.481 e. The van der Waals surface area contributed by atoms with Crippen LogP contribution in [0.2, 0.25) is 0 Å². The van der Waals surface area contributed by atoms with Gasteiger partial charge in [-0.05, 0) is 25.0 Å². The van der Waals surface area contributed by atoms with Gasteiger partial charge in [-0.15, -0.1) is 11.8 Å². The zero-order chi connectivity index (χ0) is 8.60. The van der Waals surface area contributed by atoms with Crippen molar-refractivity contribution in [2.24, 2.45) is 5.92 Å². The van der Waals surface area contributed by atoms with Gasteiger partial charge in [0.1, 0.15) is 4.93 Å². The Balaban J connectivity index is 1.88. The van der Waals surface area contributed by atoms with Gasteiger partial charge in [0, 0.05) is 6.61 Å². The van der Waals surface area contributed by atoms with Gasteiger partial charge < -0.3 is 9.84 Å². The van der Waals surface area contributed by atoms with Crippen molar-refractivity contribution in [1.82, 2.24) is 0 Å². The van der Waals surface area contributed by atoms with Crippen LogP contribution < -0.4 is 0 Å². The predicted molar refractivity (Wildman–Crippen MR) is 46.1 cm³/mol. The van der Waals surface area contributed by atoms with Gasteiger partial charge in [0.2, 0.25) is 0 Å². The fraction of sp³-hybridized carbons (Fsp3) is 0.875. The minimum absolute atomic E-state index is 0.110. The van der Waals surface area contributed by atoms with E-state index in [4.69, 9.17) is 9.84 Å². The summed E-state index contributed by atoms with van der Waals surface area (Å²) < 4.78 is 5.58. The molecule has 1 aliphatic carbocycles. The van der Waals surface area contributed by atoms with E-state index >= 15 is 0 Å². The van der Waals surface area contributed by atoms with Crippen LogP contribution in [0.4, 0.5) is 0 Å². The molecule has 1 spiro atoms. The van der Waals surface area contributed by atoms with E-state index < -0.39 is 5.97 Å². The number of hydrogen-bond acceptors (Lipinski definition) is 3. The van der Waals surface area contributed by atoms with Gasteiger partial charge in [-0.1, -0.05) is 0 Å². The number of carbonyl (C=O) groups is 1. The number of ether oxygens (including phenoxy) is 1. The summed E-state index contributed by atoms with van der Waals surface area (Å²) in [5.74, 6) is 0.290. The molecule has 4 heteroatoms. The maximum Gasteiger partial charge on any atom is 0.306 e. The first kappa shape index (κ1) is 8.38. The standard InChI is InChI=1S/C8H12O3S/c9-7(10)6-4-8(5-6)11-2-1-3-12-8/h6H,1-5H2,(H,9,10). The lowest BCUT2D eigenvalue weighted by Gasteiger charge is -2.47. The van der Waals surface area contributed by atoms with E-state index in [-0.39, 0.29) is 10.9 Å². The van der Waals surface area contributed by atoms with Crippen molar-refractivity contribution < 1.29 is 14.6 Å². The Bertz CT molecular complexity index is 190. The van der Waals surface area contributed by atoms with Crippen molar-refractivity contribution in [2.75, 3.05) is 12.4 Å². The molecule has 2 fully saturated rings. The second-order valence-corrected chi connectivity index (χ2v) is 4.85. The molecular formula is C8H12O3S. The van der Waals surface area contributed by atoms with Crippen molar-refractivity contribution >= 4 is 17.7 Å². The molecule has 2 rings (SSSR count). The van der Waals surface area contributed by atoms with Crippen molar-refractivity contribution in [2.45, 2.75) is 24.2 Å². The highest BCUT2D eigenvalue weighted by Gasteiger charge is 2.49. The Hall–Kier alpha value is -0.220. The smallest absolute Gasteiger partial charge is 0.306 e. The molecule has 68 valence electrons. The quantitative estimate of drug-likeness (QED) is 0.674. The molecule has 0 aromatic carbocycles. The summed E-state index contributed by atoms with van der Waals surface area (Å²) in [7, 11) is 0. The van der Waals surface area contributed by atoms with Crippen LogP contribution in [0.5, 0.6) is 0 Å². The number of carboxylic acid groups (broad SMARTS) is 1. The third kappa shape index (κ3) is 1.33. The lowest BCUT2D eigenvalue weighted by Crippen LogP contribution is -2.48. The summed E-state index contributed by atoms with van der Waals surface area (Å²) in [5, 5.41) is 8.68. The van der Waals surface area contributed by atoms with Gasteiger partial charge in [0.05, 0.1) is 5.92 Å². The number of hydrogen-bond donors (Lipinski definition) is 1. The maximum absolute atomic E-state index is 10.5. The second kappa shape index (κ2) is 2.92. The monoisotopic (exact) mass is 188 g/mol. The Kier molecular flexibility index (Phi) is 2.04. The van der Waals surface area contributed by atoms with Crippen molar-refractivity contribution in [1.29, 1.82) is 0 Å². The fourth-order valence-corrected chi connectivity index (χ4v) is 3.16. The molecule has 3 nitrogen and oxygen atoms in total. The highest BCUT2D eigenvalue weighted by Crippen LogP contribution is 2.50. The van der Waals surface area contributed by atoms with Crippen LogP contribution in [0.15, 0.2) is 0 Å². The minimum atomic E-state index is -0.671. The summed E-state index contributed by atoms with van der Waals surface area (Å²) in [5.41, 5.74) is 0. The van der Waals surface area contributed by atoms with Crippen LogP contribution in [0, 0.1) is 5.92 Å². The average Bonchev–Trinajstić information content (AvgIpc) is 2.01. The third-order valence-corrected chi connectivity index (χ3v) is 3.95. The maximum atomic E-state index is 10.5. The van der Waals surface area contributed by atoms with Crippen LogP contribution in [-0.4, -0.2) is 28.4 Å². The van der Waals surface area contributed by atoms with Gasteiger partial charge in [0.15, 0.2) is 0 Å². The number of thioether (sulfide) groups is 1. The van der Waals surface area contributed by atoms with Crippen LogP contribution in [0.1, 0.15) is 19.3 Å². The summed E-state index contributed by atoms with van der Waals surface area (Å²) in [6.07, 6.45) is 2.50. The number of carboxylic acids is 1. The molecule has 1 aliphatic heterocycles. The molecule has 0 atom stereocenters. The predicted octanol–water partition coefficient (Wildman–Crippen LogP) is 1.33. The molecule has 1 saturated carbocycles. The van der Waals surface area contributed by atoms with Crippen LogP contribution in [0.3, 0.4) is 0 Å². The number of aliphatic carboxylic acids is 1. The van der Waals surface area contributed by atoms with Gasteiger partial charge in [0.25, 0.3) is 0 Å². The van der Waals surface area contributed by atoms with Gasteiger partial charge >= 0.3 is 5.97 Å². The molecule has 0 radical (unpaired) electrons. The Morgan fingerprint density at radius 3 is 2.83 bits per heavy atom. The SMILES string of the molecule is O=C(O)C1CC2(C1)OCCCS2. The molecular weight excluding hydrogens is 176 g/mol.